The van der Waals surface area contributed by atoms with Crippen molar-refractivity contribution >= 4 is 34.7 Å². The van der Waals surface area contributed by atoms with Gasteiger partial charge in [-0.3, -0.25) is 9.36 Å². The molecule has 1 N–H and O–H groups in total. The summed E-state index contributed by atoms with van der Waals surface area (Å²) >= 11 is 2.99. The molecular weight excluding hydrogens is 388 g/mol. The van der Waals surface area contributed by atoms with Crippen LogP contribution in [-0.2, 0) is 16.8 Å². The predicted octanol–water partition coefficient (Wildman–Crippen LogP) is 5.22. The molecule has 0 fully saturated rings. The van der Waals surface area contributed by atoms with E-state index in [1.807, 2.05) is 33.5 Å². The van der Waals surface area contributed by atoms with Crippen molar-refractivity contribution in [3.63, 3.8) is 0 Å². The molecule has 3 rings (SSSR count). The van der Waals surface area contributed by atoms with Crippen LogP contribution in [-0.4, -0.2) is 26.4 Å². The van der Waals surface area contributed by atoms with Crippen molar-refractivity contribution in [3.05, 3.63) is 59.3 Å². The maximum absolute atomic E-state index is 12.4. The molecule has 0 spiro atoms. The van der Waals surface area contributed by atoms with Gasteiger partial charge in [0.1, 0.15) is 0 Å². The first kappa shape index (κ1) is 20.4. The molecule has 0 aliphatic heterocycles. The fraction of sp³-hybridized carbons (Fsp3) is 0.286. The van der Waals surface area contributed by atoms with E-state index in [-0.39, 0.29) is 17.1 Å². The first-order valence-electron chi connectivity index (χ1n) is 8.98. The Morgan fingerprint density at radius 1 is 1.25 bits per heavy atom. The molecule has 0 aliphatic rings. The van der Waals surface area contributed by atoms with Gasteiger partial charge in [0.2, 0.25) is 5.91 Å². The van der Waals surface area contributed by atoms with Crippen molar-refractivity contribution in [2.24, 2.45) is 0 Å². The maximum atomic E-state index is 12.4. The van der Waals surface area contributed by atoms with Crippen LogP contribution >= 0.6 is 23.1 Å². The molecule has 0 saturated heterocycles. The van der Waals surface area contributed by atoms with Gasteiger partial charge in [0.15, 0.2) is 11.0 Å². The normalized spacial score (nSPS) is 11.4. The van der Waals surface area contributed by atoms with Gasteiger partial charge in [0.25, 0.3) is 0 Å². The number of aromatic nitrogens is 3. The van der Waals surface area contributed by atoms with Gasteiger partial charge in [-0.15, -0.1) is 16.8 Å². The fourth-order valence-corrected chi connectivity index (χ4v) is 4.06. The smallest absolute Gasteiger partial charge is 0.234 e. The average molecular weight is 413 g/mol. The highest BCUT2D eigenvalue weighted by Gasteiger charge is 2.16. The minimum absolute atomic E-state index is 0.0706. The number of carbonyl (C=O) groups excluding carboxylic acids is 1. The molecule has 0 unspecified atom stereocenters. The predicted molar refractivity (Wildman–Crippen MR) is 118 cm³/mol. The molecule has 0 aliphatic carbocycles. The summed E-state index contributed by atoms with van der Waals surface area (Å²) in [5.41, 5.74) is 3.14. The number of hydrogen-bond donors (Lipinski definition) is 1. The zero-order valence-corrected chi connectivity index (χ0v) is 17.9. The quantitative estimate of drug-likeness (QED) is 0.427. The molecular formula is C21H24N4OS2. The Bertz CT molecular complexity index is 938. The number of thioether (sulfide) groups is 1. The van der Waals surface area contributed by atoms with Crippen LogP contribution < -0.4 is 5.32 Å². The average Bonchev–Trinajstić information content (AvgIpc) is 3.30. The molecule has 2 aromatic heterocycles. The second-order valence-electron chi connectivity index (χ2n) is 7.38. The summed E-state index contributed by atoms with van der Waals surface area (Å²) in [6, 6.07) is 10.00. The SMILES string of the molecule is C=CCn1c(SCC(=O)Nc2ccc(C(C)(C)C)cc2)nnc1-c1ccsc1. The number of hydrogen-bond acceptors (Lipinski definition) is 5. The van der Waals surface area contributed by atoms with Crippen LogP contribution in [0, 0.1) is 0 Å². The van der Waals surface area contributed by atoms with Gasteiger partial charge in [-0.1, -0.05) is 50.7 Å². The van der Waals surface area contributed by atoms with Crippen LogP contribution in [0.25, 0.3) is 11.4 Å². The lowest BCUT2D eigenvalue weighted by Gasteiger charge is -2.19. The second kappa shape index (κ2) is 8.75. The van der Waals surface area contributed by atoms with E-state index in [2.05, 4.69) is 55.0 Å². The van der Waals surface area contributed by atoms with Crippen LogP contribution in [0.5, 0.6) is 0 Å². The molecule has 0 saturated carbocycles. The molecule has 0 bridgehead atoms. The van der Waals surface area contributed by atoms with E-state index in [4.69, 9.17) is 0 Å². The highest BCUT2D eigenvalue weighted by molar-refractivity contribution is 7.99. The number of rotatable bonds is 7. The Morgan fingerprint density at radius 2 is 2.00 bits per heavy atom. The second-order valence-corrected chi connectivity index (χ2v) is 9.10. The first-order chi connectivity index (χ1) is 13.4. The van der Waals surface area contributed by atoms with Gasteiger partial charge < -0.3 is 5.32 Å². The fourth-order valence-electron chi connectivity index (χ4n) is 2.68. The molecule has 1 aromatic carbocycles. The van der Waals surface area contributed by atoms with Crippen molar-refractivity contribution in [2.75, 3.05) is 11.1 Å². The number of nitrogens with one attached hydrogen (secondary N) is 1. The van der Waals surface area contributed by atoms with Crippen LogP contribution in [0.15, 0.2) is 58.9 Å². The molecule has 28 heavy (non-hydrogen) atoms. The number of benzene rings is 1. The molecule has 2 heterocycles. The summed E-state index contributed by atoms with van der Waals surface area (Å²) < 4.78 is 1.98. The summed E-state index contributed by atoms with van der Waals surface area (Å²) in [7, 11) is 0. The largest absolute Gasteiger partial charge is 0.325 e. The Morgan fingerprint density at radius 3 is 2.61 bits per heavy atom. The third-order valence-electron chi connectivity index (χ3n) is 4.17. The molecule has 3 aromatic rings. The minimum Gasteiger partial charge on any atom is -0.325 e. The van der Waals surface area contributed by atoms with E-state index in [1.54, 1.807) is 17.4 Å². The van der Waals surface area contributed by atoms with Crippen molar-refractivity contribution in [2.45, 2.75) is 37.9 Å². The van der Waals surface area contributed by atoms with E-state index in [0.29, 0.717) is 11.7 Å². The molecule has 1 amide bonds. The molecule has 0 atom stereocenters. The van der Waals surface area contributed by atoms with Crippen LogP contribution in [0.3, 0.4) is 0 Å². The van der Waals surface area contributed by atoms with Gasteiger partial charge >= 0.3 is 0 Å². The van der Waals surface area contributed by atoms with Crippen molar-refractivity contribution < 1.29 is 4.79 Å². The van der Waals surface area contributed by atoms with Gasteiger partial charge in [0, 0.05) is 23.2 Å². The van der Waals surface area contributed by atoms with Crippen LogP contribution in [0.4, 0.5) is 5.69 Å². The van der Waals surface area contributed by atoms with Crippen molar-refractivity contribution in [1.82, 2.24) is 14.8 Å². The number of anilines is 1. The zero-order chi connectivity index (χ0) is 20.1. The molecule has 0 radical (unpaired) electrons. The monoisotopic (exact) mass is 412 g/mol. The van der Waals surface area contributed by atoms with Crippen molar-refractivity contribution in [1.29, 1.82) is 0 Å². The summed E-state index contributed by atoms with van der Waals surface area (Å²) in [4.78, 5) is 12.4. The summed E-state index contributed by atoms with van der Waals surface area (Å²) in [5, 5.41) is 16.2. The number of amides is 1. The Labute approximate surface area is 173 Å². The third-order valence-corrected chi connectivity index (χ3v) is 5.82. The Balaban J connectivity index is 1.64. The van der Waals surface area contributed by atoms with Gasteiger partial charge in [-0.25, -0.2) is 0 Å². The lowest BCUT2D eigenvalue weighted by molar-refractivity contribution is -0.113. The van der Waals surface area contributed by atoms with Crippen LogP contribution in [0.2, 0.25) is 0 Å². The highest BCUT2D eigenvalue weighted by atomic mass is 32.2. The van der Waals surface area contributed by atoms with E-state index < -0.39 is 0 Å². The van der Waals surface area contributed by atoms with E-state index >= 15 is 0 Å². The van der Waals surface area contributed by atoms with Crippen molar-refractivity contribution in [3.8, 4) is 11.4 Å². The molecule has 146 valence electrons. The summed E-state index contributed by atoms with van der Waals surface area (Å²) in [6.45, 7) is 10.9. The highest BCUT2D eigenvalue weighted by Crippen LogP contribution is 2.26. The van der Waals surface area contributed by atoms with Gasteiger partial charge in [-0.2, -0.15) is 11.3 Å². The van der Waals surface area contributed by atoms with Gasteiger partial charge in [-0.05, 0) is 34.6 Å². The lowest BCUT2D eigenvalue weighted by atomic mass is 9.87. The topological polar surface area (TPSA) is 59.8 Å². The number of thiophene rings is 1. The Hall–Kier alpha value is -2.38. The number of carbonyl (C=O) groups is 1. The van der Waals surface area contributed by atoms with E-state index in [9.17, 15) is 4.79 Å². The van der Waals surface area contributed by atoms with Gasteiger partial charge in [0.05, 0.1) is 5.75 Å². The minimum atomic E-state index is -0.0706. The van der Waals surface area contributed by atoms with E-state index in [1.165, 1.54) is 17.3 Å². The zero-order valence-electron chi connectivity index (χ0n) is 16.3. The lowest BCUT2D eigenvalue weighted by Crippen LogP contribution is -2.15. The number of allylic oxidation sites excluding steroid dienone is 1. The standard InChI is InChI=1S/C21H24N4OS2/c1-5-11-25-19(15-10-12-27-13-15)23-24-20(25)28-14-18(26)22-17-8-6-16(7-9-17)21(2,3)4/h5-10,12-13H,1,11,14H2,2-4H3,(H,22,26). The van der Waals surface area contributed by atoms with Crippen LogP contribution in [0.1, 0.15) is 26.3 Å². The first-order valence-corrected chi connectivity index (χ1v) is 10.9. The summed E-state index contributed by atoms with van der Waals surface area (Å²) in [6.07, 6.45) is 1.81. The summed E-state index contributed by atoms with van der Waals surface area (Å²) in [5.74, 6) is 0.987. The molecule has 7 heteroatoms. The third kappa shape index (κ3) is 4.91. The number of nitrogens with zero attached hydrogens (tertiary/aromatic N) is 3. The van der Waals surface area contributed by atoms with E-state index in [0.717, 1.165) is 17.1 Å². The molecule has 5 nitrogen and oxygen atoms in total. The maximum Gasteiger partial charge on any atom is 0.234 e. The Kier molecular flexibility index (Phi) is 6.36.